The lowest BCUT2D eigenvalue weighted by molar-refractivity contribution is 0.351. The van der Waals surface area contributed by atoms with E-state index in [1.807, 2.05) is 4.90 Å². The van der Waals surface area contributed by atoms with Gasteiger partial charge >= 0.3 is 6.41 Å². The Bertz CT molecular complexity index is 162. The molecule has 0 bridgehead atoms. The molecule has 0 saturated carbocycles. The van der Waals surface area contributed by atoms with Crippen LogP contribution in [0.15, 0.2) is 0 Å². The van der Waals surface area contributed by atoms with Crippen LogP contribution in [-0.4, -0.2) is 24.4 Å². The predicted molar refractivity (Wildman–Crippen MR) is 74.6 cm³/mol. The zero-order valence-electron chi connectivity index (χ0n) is 12.2. The van der Waals surface area contributed by atoms with Crippen LogP contribution < -0.4 is 0 Å². The van der Waals surface area contributed by atoms with E-state index in [-0.39, 0.29) is 0 Å². The summed E-state index contributed by atoms with van der Waals surface area (Å²) in [7, 11) is 0. The predicted octanol–water partition coefficient (Wildman–Crippen LogP) is 4.01. The standard InChI is InChI=1S/C15H30NO/c1-14(2)9-5-7-11-16(13-17)12-8-6-10-15(3)4/h14-15H,5-12H2,1-4H3. The molecule has 0 rings (SSSR count). The second-order valence-electron chi connectivity index (χ2n) is 5.86. The molecule has 0 saturated heterocycles. The number of hydrogen-bond donors (Lipinski definition) is 0. The summed E-state index contributed by atoms with van der Waals surface area (Å²) < 4.78 is 0. The maximum Gasteiger partial charge on any atom is 0.312 e. The van der Waals surface area contributed by atoms with E-state index < -0.39 is 0 Å². The normalized spacial score (nSPS) is 11.2. The number of amides is 1. The first-order chi connectivity index (χ1) is 8.06. The van der Waals surface area contributed by atoms with Crippen LogP contribution in [0.4, 0.5) is 0 Å². The largest absolute Gasteiger partial charge is 0.334 e. The van der Waals surface area contributed by atoms with E-state index >= 15 is 0 Å². The summed E-state index contributed by atoms with van der Waals surface area (Å²) in [5.74, 6) is 1.55. The highest BCUT2D eigenvalue weighted by molar-refractivity contribution is 5.47. The molecule has 0 fully saturated rings. The summed E-state index contributed by atoms with van der Waals surface area (Å²) in [6.45, 7) is 10.8. The first kappa shape index (κ1) is 16.5. The summed E-state index contributed by atoms with van der Waals surface area (Å²) in [6.07, 6.45) is 9.28. The van der Waals surface area contributed by atoms with Crippen LogP contribution in [0.25, 0.3) is 0 Å². The van der Waals surface area contributed by atoms with Crippen molar-refractivity contribution in [2.45, 2.75) is 66.2 Å². The van der Waals surface area contributed by atoms with Crippen LogP contribution in [0.3, 0.4) is 0 Å². The number of carbonyl (C=O) groups excluding carboxylic acids is 1. The number of unbranched alkanes of at least 4 members (excludes halogenated alkanes) is 2. The van der Waals surface area contributed by atoms with E-state index in [0.29, 0.717) is 0 Å². The van der Waals surface area contributed by atoms with Crippen molar-refractivity contribution >= 4 is 6.41 Å². The number of hydrogen-bond acceptors (Lipinski definition) is 1. The molecule has 0 N–H and O–H groups in total. The minimum Gasteiger partial charge on any atom is -0.334 e. The van der Waals surface area contributed by atoms with Crippen molar-refractivity contribution in [3.8, 4) is 0 Å². The Morgan fingerprint density at radius 2 is 1.24 bits per heavy atom. The van der Waals surface area contributed by atoms with E-state index in [0.717, 1.165) is 37.8 Å². The van der Waals surface area contributed by atoms with E-state index in [9.17, 15) is 4.79 Å². The maximum absolute atomic E-state index is 10.8. The average molecular weight is 240 g/mol. The lowest BCUT2D eigenvalue weighted by atomic mass is 10.1. The molecule has 0 aromatic rings. The Hall–Kier alpha value is -0.530. The van der Waals surface area contributed by atoms with Crippen LogP contribution in [0.5, 0.6) is 0 Å². The van der Waals surface area contributed by atoms with Crippen molar-refractivity contribution in [3.63, 3.8) is 0 Å². The molecule has 1 amide bonds. The minimum absolute atomic E-state index is 0.773. The van der Waals surface area contributed by atoms with E-state index in [2.05, 4.69) is 34.1 Å². The first-order valence-corrected chi connectivity index (χ1v) is 7.19. The zero-order chi connectivity index (χ0) is 13.1. The molecule has 0 atom stereocenters. The summed E-state index contributed by atoms with van der Waals surface area (Å²) in [6, 6.07) is 0. The third kappa shape index (κ3) is 11.7. The zero-order valence-corrected chi connectivity index (χ0v) is 12.2. The van der Waals surface area contributed by atoms with E-state index in [1.54, 1.807) is 0 Å². The Morgan fingerprint density at radius 3 is 1.53 bits per heavy atom. The minimum atomic E-state index is 0.773. The van der Waals surface area contributed by atoms with Gasteiger partial charge in [0, 0.05) is 13.1 Å². The monoisotopic (exact) mass is 240 g/mol. The first-order valence-electron chi connectivity index (χ1n) is 7.19. The van der Waals surface area contributed by atoms with Crippen LogP contribution >= 0.6 is 0 Å². The fraction of sp³-hybridized carbons (Fsp3) is 0.933. The topological polar surface area (TPSA) is 20.3 Å². The van der Waals surface area contributed by atoms with Gasteiger partial charge in [0.25, 0.3) is 0 Å². The van der Waals surface area contributed by atoms with Crippen LogP contribution in [0.2, 0.25) is 0 Å². The SMILES string of the molecule is CC(C)CCCCN([C]=O)CCCCC(C)C. The maximum atomic E-state index is 10.8. The summed E-state index contributed by atoms with van der Waals surface area (Å²) >= 11 is 0. The smallest absolute Gasteiger partial charge is 0.312 e. The van der Waals surface area contributed by atoms with Crippen molar-refractivity contribution in [1.82, 2.24) is 4.90 Å². The van der Waals surface area contributed by atoms with Gasteiger partial charge in [-0.25, -0.2) is 0 Å². The van der Waals surface area contributed by atoms with Crippen LogP contribution in [0, 0.1) is 11.8 Å². The molecule has 0 aliphatic rings. The lowest BCUT2D eigenvalue weighted by Crippen LogP contribution is -2.24. The van der Waals surface area contributed by atoms with Gasteiger partial charge in [-0.15, -0.1) is 0 Å². The fourth-order valence-electron chi connectivity index (χ4n) is 1.91. The molecule has 101 valence electrons. The van der Waals surface area contributed by atoms with Crippen molar-refractivity contribution in [2.24, 2.45) is 11.8 Å². The van der Waals surface area contributed by atoms with Gasteiger partial charge in [0.05, 0.1) is 0 Å². The highest BCUT2D eigenvalue weighted by Crippen LogP contribution is 2.09. The molecule has 2 nitrogen and oxygen atoms in total. The molecular formula is C15H30NO. The number of nitrogens with zero attached hydrogens (tertiary/aromatic N) is 1. The van der Waals surface area contributed by atoms with Gasteiger partial charge < -0.3 is 4.90 Å². The molecule has 0 aliphatic heterocycles. The molecule has 2 heteroatoms. The van der Waals surface area contributed by atoms with Crippen LogP contribution in [0.1, 0.15) is 66.2 Å². The van der Waals surface area contributed by atoms with Crippen LogP contribution in [-0.2, 0) is 4.79 Å². The van der Waals surface area contributed by atoms with Crippen molar-refractivity contribution < 1.29 is 4.79 Å². The molecule has 17 heavy (non-hydrogen) atoms. The molecule has 0 spiro atoms. The molecule has 0 heterocycles. The fourth-order valence-corrected chi connectivity index (χ4v) is 1.91. The van der Waals surface area contributed by atoms with Gasteiger partial charge in [-0.05, 0) is 24.7 Å². The van der Waals surface area contributed by atoms with E-state index in [1.165, 1.54) is 25.7 Å². The molecular weight excluding hydrogens is 210 g/mol. The second-order valence-corrected chi connectivity index (χ2v) is 5.86. The van der Waals surface area contributed by atoms with Gasteiger partial charge in [0.1, 0.15) is 0 Å². The molecule has 0 aromatic carbocycles. The quantitative estimate of drug-likeness (QED) is 0.395. The van der Waals surface area contributed by atoms with Gasteiger partial charge in [0.15, 0.2) is 0 Å². The van der Waals surface area contributed by atoms with Crippen molar-refractivity contribution in [3.05, 3.63) is 0 Å². The third-order valence-corrected chi connectivity index (χ3v) is 3.05. The molecule has 0 unspecified atom stereocenters. The van der Waals surface area contributed by atoms with Crippen molar-refractivity contribution in [2.75, 3.05) is 13.1 Å². The summed E-state index contributed by atoms with van der Waals surface area (Å²) in [5, 5.41) is 0. The van der Waals surface area contributed by atoms with Gasteiger partial charge in [-0.3, -0.25) is 4.79 Å². The number of rotatable bonds is 11. The highest BCUT2D eigenvalue weighted by atomic mass is 16.1. The summed E-state index contributed by atoms with van der Waals surface area (Å²) in [4.78, 5) is 12.6. The molecule has 0 aromatic heterocycles. The average Bonchev–Trinajstić information content (AvgIpc) is 2.26. The molecule has 0 aliphatic carbocycles. The molecule has 1 radical (unpaired) electrons. The third-order valence-electron chi connectivity index (χ3n) is 3.05. The Morgan fingerprint density at radius 1 is 0.824 bits per heavy atom. The Balaban J connectivity index is 3.46. The highest BCUT2D eigenvalue weighted by Gasteiger charge is 2.03. The van der Waals surface area contributed by atoms with Gasteiger partial charge in [-0.1, -0.05) is 53.4 Å². The Labute approximate surface area is 108 Å². The van der Waals surface area contributed by atoms with Gasteiger partial charge in [0.2, 0.25) is 0 Å². The van der Waals surface area contributed by atoms with Crippen molar-refractivity contribution in [1.29, 1.82) is 0 Å². The van der Waals surface area contributed by atoms with E-state index in [4.69, 9.17) is 0 Å². The van der Waals surface area contributed by atoms with Gasteiger partial charge in [-0.2, -0.15) is 0 Å². The Kier molecular flexibility index (Phi) is 10.3. The second kappa shape index (κ2) is 10.6. The lowest BCUT2D eigenvalue weighted by Gasteiger charge is -2.16. The summed E-state index contributed by atoms with van der Waals surface area (Å²) in [5.41, 5.74) is 0.